The second-order valence-corrected chi connectivity index (χ2v) is 6.71. The van der Waals surface area contributed by atoms with E-state index in [-0.39, 0.29) is 0 Å². The smallest absolute Gasteiger partial charge is 0.133 e. The Morgan fingerprint density at radius 2 is 1.64 bits per heavy atom. The summed E-state index contributed by atoms with van der Waals surface area (Å²) in [5.74, 6) is 1.58. The van der Waals surface area contributed by atoms with Gasteiger partial charge in [-0.15, -0.1) is 0 Å². The minimum absolute atomic E-state index is 0.970. The fourth-order valence-corrected chi connectivity index (χ4v) is 3.68. The second-order valence-electron chi connectivity index (χ2n) is 3.92. The summed E-state index contributed by atoms with van der Waals surface area (Å²) in [5.41, 5.74) is 3.43. The molecule has 0 spiro atoms. The third-order valence-electron chi connectivity index (χ3n) is 2.43. The Kier molecular flexibility index (Phi) is 3.01. The molecule has 14 heavy (non-hydrogen) atoms. The summed E-state index contributed by atoms with van der Waals surface area (Å²) in [6.45, 7) is 11.5. The van der Waals surface area contributed by atoms with Crippen LogP contribution in [0.3, 0.4) is 0 Å². The highest BCUT2D eigenvalue weighted by Crippen LogP contribution is 2.43. The molecule has 0 aliphatic rings. The highest BCUT2D eigenvalue weighted by Gasteiger charge is 2.18. The SMILES string of the molecule is C=CP(C)(=O)c1c(C)cc(C)cc1C. The van der Waals surface area contributed by atoms with Gasteiger partial charge in [0.2, 0.25) is 0 Å². The number of benzene rings is 1. The van der Waals surface area contributed by atoms with Crippen LogP contribution in [0.4, 0.5) is 0 Å². The van der Waals surface area contributed by atoms with Gasteiger partial charge < -0.3 is 4.57 Å². The zero-order valence-electron chi connectivity index (χ0n) is 9.29. The van der Waals surface area contributed by atoms with Crippen LogP contribution in [-0.4, -0.2) is 6.66 Å². The Bertz CT molecular complexity index is 395. The molecule has 0 aromatic heterocycles. The van der Waals surface area contributed by atoms with E-state index >= 15 is 0 Å². The van der Waals surface area contributed by atoms with Crippen molar-refractivity contribution in [2.45, 2.75) is 20.8 Å². The van der Waals surface area contributed by atoms with Crippen LogP contribution in [0.2, 0.25) is 0 Å². The summed E-state index contributed by atoms with van der Waals surface area (Å²) in [5, 5.41) is 0.970. The molecule has 76 valence electrons. The number of hydrogen-bond acceptors (Lipinski definition) is 1. The molecule has 0 radical (unpaired) electrons. The van der Waals surface area contributed by atoms with E-state index in [1.165, 1.54) is 5.56 Å². The average Bonchev–Trinajstić information content (AvgIpc) is 2.01. The summed E-state index contributed by atoms with van der Waals surface area (Å²) in [7, 11) is -2.36. The van der Waals surface area contributed by atoms with Gasteiger partial charge in [0, 0.05) is 5.30 Å². The molecular weight excluding hydrogens is 191 g/mol. The first-order chi connectivity index (χ1) is 6.38. The van der Waals surface area contributed by atoms with E-state index in [1.54, 1.807) is 12.5 Å². The summed E-state index contributed by atoms with van der Waals surface area (Å²) in [4.78, 5) is 0. The van der Waals surface area contributed by atoms with Crippen molar-refractivity contribution in [3.05, 3.63) is 41.2 Å². The Labute approximate surface area is 86.2 Å². The Balaban J connectivity index is 3.50. The monoisotopic (exact) mass is 208 g/mol. The van der Waals surface area contributed by atoms with E-state index in [0.29, 0.717) is 0 Å². The second kappa shape index (κ2) is 3.74. The number of aryl methyl sites for hydroxylation is 3. The minimum Gasteiger partial charge on any atom is -0.315 e. The lowest BCUT2D eigenvalue weighted by molar-refractivity contribution is 0.590. The Morgan fingerprint density at radius 3 is 2.00 bits per heavy atom. The van der Waals surface area contributed by atoms with E-state index in [2.05, 4.69) is 25.6 Å². The Morgan fingerprint density at radius 1 is 1.21 bits per heavy atom. The molecule has 0 heterocycles. The van der Waals surface area contributed by atoms with Gasteiger partial charge in [-0.1, -0.05) is 24.3 Å². The van der Waals surface area contributed by atoms with E-state index in [1.807, 2.05) is 13.8 Å². The molecule has 0 N–H and O–H groups in total. The topological polar surface area (TPSA) is 17.1 Å². The van der Waals surface area contributed by atoms with Crippen LogP contribution in [0.25, 0.3) is 0 Å². The van der Waals surface area contributed by atoms with Crippen molar-refractivity contribution in [3.8, 4) is 0 Å². The standard InChI is InChI=1S/C12H17OP/c1-6-14(5,13)12-10(3)7-9(2)8-11(12)4/h6-8H,1H2,2-5H3. The molecule has 0 amide bonds. The van der Waals surface area contributed by atoms with Crippen molar-refractivity contribution >= 4 is 12.4 Å². The van der Waals surface area contributed by atoms with Crippen molar-refractivity contribution < 1.29 is 4.57 Å². The maximum absolute atomic E-state index is 12.2. The third-order valence-corrected chi connectivity index (χ3v) is 4.72. The summed E-state index contributed by atoms with van der Waals surface area (Å²) in [6, 6.07) is 4.14. The summed E-state index contributed by atoms with van der Waals surface area (Å²) < 4.78 is 12.2. The van der Waals surface area contributed by atoms with Crippen LogP contribution >= 0.6 is 7.14 Å². The highest BCUT2D eigenvalue weighted by atomic mass is 31.2. The van der Waals surface area contributed by atoms with E-state index in [0.717, 1.165) is 16.4 Å². The lowest BCUT2D eigenvalue weighted by Gasteiger charge is -2.15. The normalized spacial score (nSPS) is 14.9. The largest absolute Gasteiger partial charge is 0.315 e. The van der Waals surface area contributed by atoms with Gasteiger partial charge in [-0.05, 0) is 44.4 Å². The molecule has 0 aliphatic carbocycles. The predicted molar refractivity (Wildman–Crippen MR) is 64.0 cm³/mol. The molecule has 1 nitrogen and oxygen atoms in total. The van der Waals surface area contributed by atoms with Gasteiger partial charge >= 0.3 is 0 Å². The van der Waals surface area contributed by atoms with E-state index < -0.39 is 7.14 Å². The zero-order valence-corrected chi connectivity index (χ0v) is 10.2. The van der Waals surface area contributed by atoms with Crippen LogP contribution < -0.4 is 5.30 Å². The van der Waals surface area contributed by atoms with Crippen LogP contribution in [0.5, 0.6) is 0 Å². The highest BCUT2D eigenvalue weighted by molar-refractivity contribution is 7.74. The van der Waals surface area contributed by atoms with Crippen molar-refractivity contribution in [1.82, 2.24) is 0 Å². The molecule has 2 heteroatoms. The lowest BCUT2D eigenvalue weighted by Crippen LogP contribution is -2.11. The quantitative estimate of drug-likeness (QED) is 0.681. The molecule has 1 unspecified atom stereocenters. The maximum Gasteiger partial charge on any atom is 0.133 e. The van der Waals surface area contributed by atoms with Gasteiger partial charge in [0.05, 0.1) is 0 Å². The maximum atomic E-state index is 12.2. The number of hydrogen-bond donors (Lipinski definition) is 0. The molecule has 0 saturated heterocycles. The molecule has 1 atom stereocenters. The van der Waals surface area contributed by atoms with Crippen LogP contribution in [-0.2, 0) is 4.57 Å². The lowest BCUT2D eigenvalue weighted by atomic mass is 10.1. The van der Waals surface area contributed by atoms with Crippen molar-refractivity contribution in [2.75, 3.05) is 6.66 Å². The van der Waals surface area contributed by atoms with E-state index in [4.69, 9.17) is 0 Å². The minimum atomic E-state index is -2.36. The van der Waals surface area contributed by atoms with Gasteiger partial charge in [0.25, 0.3) is 0 Å². The average molecular weight is 208 g/mol. The van der Waals surface area contributed by atoms with Gasteiger partial charge in [-0.2, -0.15) is 0 Å². The van der Waals surface area contributed by atoms with Crippen molar-refractivity contribution in [1.29, 1.82) is 0 Å². The van der Waals surface area contributed by atoms with Crippen LogP contribution in [0.15, 0.2) is 24.5 Å². The summed E-state index contributed by atoms with van der Waals surface area (Å²) >= 11 is 0. The number of rotatable bonds is 2. The first-order valence-electron chi connectivity index (χ1n) is 4.67. The van der Waals surface area contributed by atoms with Gasteiger partial charge in [0.1, 0.15) is 7.14 Å². The predicted octanol–water partition coefficient (Wildman–Crippen LogP) is 3.37. The Hall–Kier alpha value is -0.810. The molecular formula is C12H17OP. The van der Waals surface area contributed by atoms with Crippen molar-refractivity contribution in [2.24, 2.45) is 0 Å². The van der Waals surface area contributed by atoms with Gasteiger partial charge in [0.15, 0.2) is 0 Å². The molecule has 0 aliphatic heterocycles. The zero-order chi connectivity index (χ0) is 10.9. The van der Waals surface area contributed by atoms with E-state index in [9.17, 15) is 4.57 Å². The molecule has 0 fully saturated rings. The first kappa shape index (κ1) is 11.3. The molecule has 1 aromatic rings. The fraction of sp³-hybridized carbons (Fsp3) is 0.333. The molecule has 1 aromatic carbocycles. The van der Waals surface area contributed by atoms with Gasteiger partial charge in [-0.3, -0.25) is 0 Å². The molecule has 0 bridgehead atoms. The fourth-order valence-electron chi connectivity index (χ4n) is 1.96. The first-order valence-corrected chi connectivity index (χ1v) is 6.90. The van der Waals surface area contributed by atoms with Gasteiger partial charge in [-0.25, -0.2) is 0 Å². The summed E-state index contributed by atoms with van der Waals surface area (Å²) in [6.07, 6.45) is 0. The molecule has 0 saturated carbocycles. The third kappa shape index (κ3) is 1.99. The van der Waals surface area contributed by atoms with Crippen molar-refractivity contribution in [3.63, 3.8) is 0 Å². The van der Waals surface area contributed by atoms with Crippen LogP contribution in [0, 0.1) is 20.8 Å². The molecule has 1 rings (SSSR count). The van der Waals surface area contributed by atoms with Crippen LogP contribution in [0.1, 0.15) is 16.7 Å².